The highest BCUT2D eigenvalue weighted by molar-refractivity contribution is 5.94. The summed E-state index contributed by atoms with van der Waals surface area (Å²) < 4.78 is 32.1. The SMILES string of the molecule is CC#CC#CC#CC#CC#CC#CC#CC#CC#CC#CC#CC#CC(=O)N[C@@H](CO[C@H]1OC(COC(=O)CCCCCCC(=O)O)[C@H](OCc2ccccc2)[C@H](C)C1OCc1ccccc1)[C@H](O)[C@H](O)CCCCCCCCCCCCCC. The standard InChI is InChI=1S/C73H77NO11/c1-4-6-8-10-12-14-16-18-19-20-21-22-23-24-25-26-27-28-30-32-34-36-46-54-67(76)74-64(70(80)65(75)53-45-35-33-31-29-17-15-13-11-9-7-5-2)59-84-73-72(83-58-63-51-43-40-44-52-63)61(3)71(82-57-62-49-41-39-42-50-62)66(85-73)60-81-69(79)56-48-38-37-47-55-68(77)78/h39-44,49-52,61,64-66,70-73,75,80H,5,7,9,11,13,15,17,29,31,33,35,37-38,45,47-48,53,55-60H2,1-3H3,(H,74,76)(H,77,78)/t61-,64-,65+,66?,70-,71+,72?,73-/m0/s1. The number of carboxylic acids is 1. The molecule has 0 bridgehead atoms. The summed E-state index contributed by atoms with van der Waals surface area (Å²) >= 11 is 0. The highest BCUT2D eigenvalue weighted by atomic mass is 16.7. The molecule has 1 amide bonds. The van der Waals surface area contributed by atoms with Crippen LogP contribution in [0.2, 0.25) is 0 Å². The van der Waals surface area contributed by atoms with Crippen molar-refractivity contribution in [2.45, 2.75) is 199 Å². The monoisotopic (exact) mass is 1140 g/mol. The number of aliphatic carboxylic acids is 1. The van der Waals surface area contributed by atoms with E-state index in [0.29, 0.717) is 32.1 Å². The molecular formula is C73H77NO11. The minimum atomic E-state index is -1.48. The molecule has 1 saturated heterocycles. The molecule has 4 N–H and O–H groups in total. The molecule has 0 saturated carbocycles. The number of carbonyl (C=O) groups excluding carboxylic acids is 2. The van der Waals surface area contributed by atoms with Crippen LogP contribution in [0.5, 0.6) is 0 Å². The molecule has 2 unspecified atom stereocenters. The van der Waals surface area contributed by atoms with E-state index in [1.165, 1.54) is 51.4 Å². The number of carbonyl (C=O) groups is 3. The Kier molecular flexibility index (Phi) is 39.7. The summed E-state index contributed by atoms with van der Waals surface area (Å²) in [6.45, 7) is 5.74. The molecule has 12 nitrogen and oxygen atoms in total. The first kappa shape index (κ1) is 70.6. The van der Waals surface area contributed by atoms with Crippen LogP contribution in [0.25, 0.3) is 0 Å². The molecule has 0 spiro atoms. The predicted octanol–water partition coefficient (Wildman–Crippen LogP) is 8.86. The third-order valence-corrected chi connectivity index (χ3v) is 13.0. The molecule has 12 heteroatoms. The van der Waals surface area contributed by atoms with Crippen LogP contribution in [0.4, 0.5) is 0 Å². The van der Waals surface area contributed by atoms with Crippen LogP contribution in [-0.2, 0) is 51.3 Å². The Bertz CT molecular complexity index is 3170. The lowest BCUT2D eigenvalue weighted by molar-refractivity contribution is -0.308. The number of carboxylic acid groups (broad SMARTS) is 1. The third-order valence-electron chi connectivity index (χ3n) is 13.0. The molecule has 440 valence electrons. The highest BCUT2D eigenvalue weighted by Crippen LogP contribution is 2.33. The maximum absolute atomic E-state index is 13.4. The van der Waals surface area contributed by atoms with E-state index in [-0.39, 0.29) is 45.7 Å². The van der Waals surface area contributed by atoms with Gasteiger partial charge in [-0.1, -0.05) is 170 Å². The zero-order chi connectivity index (χ0) is 61.1. The van der Waals surface area contributed by atoms with E-state index in [4.69, 9.17) is 28.8 Å². The van der Waals surface area contributed by atoms with Gasteiger partial charge in [-0.05, 0) is 132 Å². The molecule has 1 fully saturated rings. The number of hydrogen-bond acceptors (Lipinski definition) is 10. The number of amides is 1. The second kappa shape index (κ2) is 47.8. The van der Waals surface area contributed by atoms with Gasteiger partial charge in [0.25, 0.3) is 5.91 Å². The minimum absolute atomic E-state index is 0.0753. The zero-order valence-corrected chi connectivity index (χ0v) is 49.3. The van der Waals surface area contributed by atoms with Gasteiger partial charge in [0, 0.05) is 60.2 Å². The molecule has 2 aromatic rings. The maximum atomic E-state index is 13.4. The van der Waals surface area contributed by atoms with Gasteiger partial charge >= 0.3 is 11.9 Å². The molecule has 1 heterocycles. The van der Waals surface area contributed by atoms with Gasteiger partial charge in [0.05, 0.1) is 38.1 Å². The molecular weight excluding hydrogens is 1070 g/mol. The Morgan fingerprint density at radius 2 is 0.965 bits per heavy atom. The van der Waals surface area contributed by atoms with Crippen molar-refractivity contribution in [3.05, 3.63) is 71.8 Å². The van der Waals surface area contributed by atoms with Crippen LogP contribution >= 0.6 is 0 Å². The van der Waals surface area contributed by atoms with Crippen molar-refractivity contribution in [2.75, 3.05) is 13.2 Å². The van der Waals surface area contributed by atoms with E-state index in [1.54, 1.807) is 6.92 Å². The normalized spacial score (nSPS) is 15.8. The highest BCUT2D eigenvalue weighted by Gasteiger charge is 2.47. The zero-order valence-electron chi connectivity index (χ0n) is 49.3. The smallest absolute Gasteiger partial charge is 0.305 e. The fourth-order valence-corrected chi connectivity index (χ4v) is 8.58. The van der Waals surface area contributed by atoms with Crippen LogP contribution in [0.15, 0.2) is 60.7 Å². The molecule has 3 rings (SSSR count). The van der Waals surface area contributed by atoms with Crippen LogP contribution in [0.1, 0.15) is 154 Å². The molecule has 1 aliphatic heterocycles. The van der Waals surface area contributed by atoms with Gasteiger partial charge in [0.1, 0.15) is 24.9 Å². The molecule has 8 atom stereocenters. The van der Waals surface area contributed by atoms with Gasteiger partial charge in [0.2, 0.25) is 0 Å². The number of esters is 1. The summed E-state index contributed by atoms with van der Waals surface area (Å²) in [5.41, 5.74) is 1.81. The van der Waals surface area contributed by atoms with Crippen molar-refractivity contribution < 1.29 is 53.4 Å². The first-order valence-electron chi connectivity index (χ1n) is 29.2. The Morgan fingerprint density at radius 3 is 1.44 bits per heavy atom. The minimum Gasteiger partial charge on any atom is -0.481 e. The van der Waals surface area contributed by atoms with Gasteiger partial charge in [-0.15, -0.1) is 0 Å². The van der Waals surface area contributed by atoms with Crippen LogP contribution < -0.4 is 5.32 Å². The average Bonchev–Trinajstić information content (AvgIpc) is 3.59. The summed E-state index contributed by atoms with van der Waals surface area (Å²) in [7, 11) is 0. The lowest BCUT2D eigenvalue weighted by atomic mass is 9.90. The number of unbranched alkanes of at least 4 members (excludes halogenated alkanes) is 14. The molecule has 0 radical (unpaired) electrons. The van der Waals surface area contributed by atoms with Gasteiger partial charge in [0.15, 0.2) is 6.29 Å². The molecule has 2 aromatic carbocycles. The van der Waals surface area contributed by atoms with Gasteiger partial charge in [-0.25, -0.2) is 0 Å². The number of benzene rings is 2. The summed E-state index contributed by atoms with van der Waals surface area (Å²) in [4.78, 5) is 37.5. The predicted molar refractivity (Wildman–Crippen MR) is 329 cm³/mol. The van der Waals surface area contributed by atoms with Crippen molar-refractivity contribution in [1.82, 2.24) is 5.32 Å². The van der Waals surface area contributed by atoms with Crippen LogP contribution in [0, 0.1) is 148 Å². The number of aliphatic hydroxyl groups excluding tert-OH is 2. The van der Waals surface area contributed by atoms with Gasteiger partial charge in [-0.3, -0.25) is 14.4 Å². The van der Waals surface area contributed by atoms with Crippen LogP contribution in [-0.4, -0.2) is 89.2 Å². The second-order valence-corrected chi connectivity index (χ2v) is 19.7. The first-order valence-corrected chi connectivity index (χ1v) is 29.2. The van der Waals surface area contributed by atoms with Crippen molar-refractivity contribution in [3.8, 4) is 142 Å². The third kappa shape index (κ3) is 35.2. The summed E-state index contributed by atoms with van der Waals surface area (Å²) in [5, 5.41) is 34.9. The average molecular weight is 1140 g/mol. The Balaban J connectivity index is 1.79. The first-order chi connectivity index (χ1) is 41.6. The largest absolute Gasteiger partial charge is 0.481 e. The van der Waals surface area contributed by atoms with E-state index in [0.717, 1.165) is 30.4 Å². The van der Waals surface area contributed by atoms with E-state index in [9.17, 15) is 24.6 Å². The van der Waals surface area contributed by atoms with Crippen LogP contribution in [0.3, 0.4) is 0 Å². The number of aliphatic hydroxyl groups is 2. The Hall–Kier alpha value is -8.67. The fourth-order valence-electron chi connectivity index (χ4n) is 8.58. The van der Waals surface area contributed by atoms with Crippen molar-refractivity contribution in [3.63, 3.8) is 0 Å². The van der Waals surface area contributed by atoms with Crippen molar-refractivity contribution in [2.24, 2.45) is 5.92 Å². The number of nitrogens with one attached hydrogen (secondary N) is 1. The summed E-state index contributed by atoms with van der Waals surface area (Å²) in [6.07, 6.45) is 10.5. The summed E-state index contributed by atoms with van der Waals surface area (Å²) in [6, 6.07) is 18.0. The maximum Gasteiger partial charge on any atom is 0.305 e. The van der Waals surface area contributed by atoms with E-state index >= 15 is 0 Å². The van der Waals surface area contributed by atoms with Gasteiger partial charge < -0.3 is 44.3 Å². The van der Waals surface area contributed by atoms with E-state index in [2.05, 4.69) is 154 Å². The van der Waals surface area contributed by atoms with Crippen molar-refractivity contribution >= 4 is 17.8 Å². The van der Waals surface area contributed by atoms with Crippen molar-refractivity contribution in [1.29, 1.82) is 0 Å². The molecule has 85 heavy (non-hydrogen) atoms. The van der Waals surface area contributed by atoms with E-state index in [1.807, 2.05) is 67.6 Å². The number of rotatable bonds is 34. The number of hydrogen-bond donors (Lipinski definition) is 4. The topological polar surface area (TPSA) is 170 Å². The lowest BCUT2D eigenvalue weighted by Gasteiger charge is -2.45. The molecule has 1 aliphatic rings. The lowest BCUT2D eigenvalue weighted by Crippen LogP contribution is -2.58. The summed E-state index contributed by atoms with van der Waals surface area (Å²) in [5.74, 6) is 58.0. The van der Waals surface area contributed by atoms with E-state index < -0.39 is 66.6 Å². The second-order valence-electron chi connectivity index (χ2n) is 19.7. The molecule has 0 aliphatic carbocycles. The Morgan fingerprint density at radius 1 is 0.541 bits per heavy atom. The quantitative estimate of drug-likeness (QED) is 0.0300. The fraction of sp³-hybridized carbons (Fsp3) is 0.466. The number of ether oxygens (including phenoxy) is 5. The molecule has 0 aromatic heterocycles. The van der Waals surface area contributed by atoms with Gasteiger partial charge in [-0.2, -0.15) is 0 Å². The Labute approximate surface area is 506 Å².